The molecule has 1 saturated heterocycles. The van der Waals surface area contributed by atoms with Gasteiger partial charge in [0.1, 0.15) is 5.82 Å². The predicted octanol–water partition coefficient (Wildman–Crippen LogP) is 5.05. The Kier molecular flexibility index (Phi) is 6.83. The largest absolute Gasteiger partial charge is 0.354 e. The van der Waals surface area contributed by atoms with Gasteiger partial charge in [-0.05, 0) is 68.4 Å². The van der Waals surface area contributed by atoms with Crippen LogP contribution in [0.2, 0.25) is 5.02 Å². The number of anilines is 2. The van der Waals surface area contributed by atoms with Crippen LogP contribution < -0.4 is 10.6 Å². The number of fused-ring (bicyclic) bond motifs is 1. The molecule has 0 radical (unpaired) electrons. The number of halogens is 2. The van der Waals surface area contributed by atoms with Crippen LogP contribution in [0.1, 0.15) is 23.2 Å². The molecule has 0 aliphatic carbocycles. The molecule has 1 aromatic carbocycles. The van der Waals surface area contributed by atoms with Gasteiger partial charge in [-0.3, -0.25) is 9.78 Å². The highest BCUT2D eigenvalue weighted by molar-refractivity contribution is 6.30. The number of likely N-dealkylation sites (tertiary alicyclic amines) is 1. The molecule has 4 heterocycles. The molecule has 1 aliphatic rings. The van der Waals surface area contributed by atoms with Crippen LogP contribution in [-0.4, -0.2) is 51.9 Å². The molecule has 4 aromatic rings. The second-order valence-corrected chi connectivity index (χ2v) is 8.84. The van der Waals surface area contributed by atoms with Crippen molar-refractivity contribution in [1.29, 1.82) is 0 Å². The van der Waals surface area contributed by atoms with Gasteiger partial charge in [-0.25, -0.2) is 14.4 Å². The minimum Gasteiger partial charge on any atom is -0.354 e. The van der Waals surface area contributed by atoms with Crippen LogP contribution in [0.25, 0.3) is 22.3 Å². The highest BCUT2D eigenvalue weighted by Gasteiger charge is 2.17. The number of nitrogens with one attached hydrogen (secondary N) is 2. The summed E-state index contributed by atoms with van der Waals surface area (Å²) in [5.74, 6) is -0.650. The first kappa shape index (κ1) is 23.1. The van der Waals surface area contributed by atoms with Crippen molar-refractivity contribution >= 4 is 39.9 Å². The fourth-order valence-electron chi connectivity index (χ4n) is 4.25. The highest BCUT2D eigenvalue weighted by atomic mass is 35.5. The normalized spacial score (nSPS) is 13.8. The molecule has 0 bridgehead atoms. The average molecular weight is 491 g/mol. The van der Waals surface area contributed by atoms with E-state index >= 15 is 0 Å². The van der Waals surface area contributed by atoms with Crippen molar-refractivity contribution in [1.82, 2.24) is 25.2 Å². The van der Waals surface area contributed by atoms with Gasteiger partial charge in [0.15, 0.2) is 5.65 Å². The zero-order valence-corrected chi connectivity index (χ0v) is 19.7. The van der Waals surface area contributed by atoms with Gasteiger partial charge in [0.25, 0.3) is 5.91 Å². The lowest BCUT2D eigenvalue weighted by atomic mass is 10.1. The van der Waals surface area contributed by atoms with Gasteiger partial charge in [-0.1, -0.05) is 11.6 Å². The molecular formula is C26H24ClFN6O. The first-order valence-electron chi connectivity index (χ1n) is 11.5. The summed E-state index contributed by atoms with van der Waals surface area (Å²) in [6, 6.07) is 11.5. The fraction of sp³-hybridized carbons (Fsp3) is 0.231. The summed E-state index contributed by atoms with van der Waals surface area (Å²) >= 11 is 6.11. The van der Waals surface area contributed by atoms with Crippen LogP contribution >= 0.6 is 11.6 Å². The summed E-state index contributed by atoms with van der Waals surface area (Å²) in [4.78, 5) is 28.3. The first-order chi connectivity index (χ1) is 17.1. The Morgan fingerprint density at radius 2 is 1.94 bits per heavy atom. The summed E-state index contributed by atoms with van der Waals surface area (Å²) in [5.41, 5.74) is 2.71. The van der Waals surface area contributed by atoms with E-state index in [2.05, 4.69) is 30.5 Å². The van der Waals surface area contributed by atoms with Gasteiger partial charge in [0, 0.05) is 47.7 Å². The number of rotatable bonds is 7. The lowest BCUT2D eigenvalue weighted by Crippen LogP contribution is -2.33. The Morgan fingerprint density at radius 3 is 2.80 bits per heavy atom. The van der Waals surface area contributed by atoms with Crippen LogP contribution in [0.3, 0.4) is 0 Å². The number of nitrogens with zero attached hydrogens (tertiary/aromatic N) is 4. The second-order valence-electron chi connectivity index (χ2n) is 8.40. The number of benzene rings is 1. The van der Waals surface area contributed by atoms with Crippen LogP contribution in [0, 0.1) is 5.82 Å². The summed E-state index contributed by atoms with van der Waals surface area (Å²) in [5, 5.41) is 7.45. The fourth-order valence-corrected chi connectivity index (χ4v) is 4.42. The Balaban J connectivity index is 1.45. The quantitative estimate of drug-likeness (QED) is 0.377. The number of aromatic nitrogens is 3. The van der Waals surface area contributed by atoms with E-state index in [0.29, 0.717) is 39.8 Å². The zero-order chi connectivity index (χ0) is 24.2. The molecule has 35 heavy (non-hydrogen) atoms. The van der Waals surface area contributed by atoms with E-state index in [4.69, 9.17) is 11.6 Å². The lowest BCUT2D eigenvalue weighted by Gasteiger charge is -2.16. The van der Waals surface area contributed by atoms with E-state index in [1.165, 1.54) is 37.2 Å². The molecule has 178 valence electrons. The van der Waals surface area contributed by atoms with Crippen LogP contribution in [0.5, 0.6) is 0 Å². The summed E-state index contributed by atoms with van der Waals surface area (Å²) in [6.07, 6.45) is 7.19. The maximum atomic E-state index is 14.6. The Labute approximate surface area is 207 Å². The third-order valence-electron chi connectivity index (χ3n) is 6.04. The molecule has 1 fully saturated rings. The van der Waals surface area contributed by atoms with E-state index < -0.39 is 5.82 Å². The molecule has 1 aliphatic heterocycles. The van der Waals surface area contributed by atoms with Crippen molar-refractivity contribution in [2.75, 3.05) is 31.5 Å². The number of carbonyl (C=O) groups excluding carboxylic acids is 1. The highest BCUT2D eigenvalue weighted by Crippen LogP contribution is 2.32. The van der Waals surface area contributed by atoms with Gasteiger partial charge in [-0.2, -0.15) is 0 Å². The van der Waals surface area contributed by atoms with Crippen LogP contribution in [0.15, 0.2) is 61.1 Å². The molecule has 0 atom stereocenters. The van der Waals surface area contributed by atoms with E-state index in [-0.39, 0.29) is 11.5 Å². The van der Waals surface area contributed by atoms with E-state index in [1.54, 1.807) is 30.6 Å². The van der Waals surface area contributed by atoms with E-state index in [9.17, 15) is 9.18 Å². The Bertz CT molecular complexity index is 1380. The Hall–Kier alpha value is -3.62. The van der Waals surface area contributed by atoms with E-state index in [1.807, 2.05) is 6.07 Å². The molecule has 7 nitrogen and oxygen atoms in total. The van der Waals surface area contributed by atoms with Gasteiger partial charge in [0.2, 0.25) is 0 Å². The minimum atomic E-state index is -0.440. The number of carbonyl (C=O) groups is 1. The zero-order valence-electron chi connectivity index (χ0n) is 19.0. The van der Waals surface area contributed by atoms with Crippen molar-refractivity contribution in [3.8, 4) is 11.3 Å². The van der Waals surface area contributed by atoms with Gasteiger partial charge < -0.3 is 15.5 Å². The Morgan fingerprint density at radius 1 is 1.09 bits per heavy atom. The maximum absolute atomic E-state index is 14.6. The standard InChI is InChI=1S/C26H24ClFN6O/c27-17-5-6-21(28)19(14-17)24-15-23(18-4-3-8-30-25(18)33-24)32-22-7-9-29-16-20(22)26(35)31-10-13-34-11-1-2-12-34/h3-9,14-16H,1-2,10-13H2,(H,31,35)(H,29,30,32,33). The third-order valence-corrected chi connectivity index (χ3v) is 6.27. The van der Waals surface area contributed by atoms with Crippen LogP contribution in [0.4, 0.5) is 15.8 Å². The smallest absolute Gasteiger partial charge is 0.255 e. The summed E-state index contributed by atoms with van der Waals surface area (Å²) in [7, 11) is 0. The minimum absolute atomic E-state index is 0.211. The molecule has 0 saturated carbocycles. The van der Waals surface area contributed by atoms with Crippen molar-refractivity contribution in [3.63, 3.8) is 0 Å². The summed E-state index contributed by atoms with van der Waals surface area (Å²) < 4.78 is 14.6. The number of hydrogen-bond donors (Lipinski definition) is 2. The summed E-state index contributed by atoms with van der Waals surface area (Å²) in [6.45, 7) is 3.54. The van der Waals surface area contributed by atoms with Crippen molar-refractivity contribution in [2.45, 2.75) is 12.8 Å². The van der Waals surface area contributed by atoms with Gasteiger partial charge in [-0.15, -0.1) is 0 Å². The monoisotopic (exact) mass is 490 g/mol. The molecule has 3 aromatic heterocycles. The topological polar surface area (TPSA) is 83.0 Å². The van der Waals surface area contributed by atoms with Crippen molar-refractivity contribution in [3.05, 3.63) is 77.5 Å². The lowest BCUT2D eigenvalue weighted by molar-refractivity contribution is 0.0950. The van der Waals surface area contributed by atoms with Gasteiger partial charge in [0.05, 0.1) is 22.6 Å². The molecule has 9 heteroatoms. The first-order valence-corrected chi connectivity index (χ1v) is 11.9. The number of hydrogen-bond acceptors (Lipinski definition) is 6. The maximum Gasteiger partial charge on any atom is 0.255 e. The molecule has 1 amide bonds. The SMILES string of the molecule is O=C(NCCN1CCCC1)c1cnccc1Nc1cc(-c2cc(Cl)ccc2F)nc2ncccc12. The number of pyridine rings is 3. The number of amides is 1. The van der Waals surface area contributed by atoms with Crippen molar-refractivity contribution in [2.24, 2.45) is 0 Å². The van der Waals surface area contributed by atoms with Gasteiger partial charge >= 0.3 is 0 Å². The molecule has 2 N–H and O–H groups in total. The third kappa shape index (κ3) is 5.23. The van der Waals surface area contributed by atoms with Crippen LogP contribution in [-0.2, 0) is 0 Å². The predicted molar refractivity (Wildman–Crippen MR) is 135 cm³/mol. The molecular weight excluding hydrogens is 467 g/mol. The van der Waals surface area contributed by atoms with Crippen molar-refractivity contribution < 1.29 is 9.18 Å². The van der Waals surface area contributed by atoms with E-state index in [0.717, 1.165) is 25.0 Å². The molecule has 0 unspecified atom stereocenters. The molecule has 5 rings (SSSR count). The molecule has 0 spiro atoms. The second kappa shape index (κ2) is 10.3. The average Bonchev–Trinajstić information content (AvgIpc) is 3.39.